The molecule has 9 nitrogen and oxygen atoms in total. The van der Waals surface area contributed by atoms with E-state index in [1.807, 2.05) is 0 Å². The number of sulfone groups is 1. The van der Waals surface area contributed by atoms with Crippen LogP contribution < -0.4 is 10.6 Å². The number of aryl methyl sites for hydroxylation is 1. The van der Waals surface area contributed by atoms with Crippen LogP contribution in [0.4, 0.5) is 15.8 Å². The molecule has 0 aliphatic carbocycles. The Labute approximate surface area is 212 Å². The molecule has 1 saturated heterocycles. The van der Waals surface area contributed by atoms with Crippen molar-refractivity contribution < 1.29 is 22.4 Å². The number of nitrogens with one attached hydrogen (secondary N) is 2. The Morgan fingerprint density at radius 2 is 1.78 bits per heavy atom. The van der Waals surface area contributed by atoms with Gasteiger partial charge in [0.1, 0.15) is 5.82 Å². The van der Waals surface area contributed by atoms with Crippen molar-refractivity contribution in [3.63, 3.8) is 0 Å². The van der Waals surface area contributed by atoms with Crippen LogP contribution in [0.1, 0.15) is 35.4 Å². The topological polar surface area (TPSA) is 123 Å². The molecule has 0 bridgehead atoms. The van der Waals surface area contributed by atoms with Gasteiger partial charge in [0.15, 0.2) is 15.5 Å². The van der Waals surface area contributed by atoms with Crippen molar-refractivity contribution in [2.75, 3.05) is 22.1 Å². The van der Waals surface area contributed by atoms with Gasteiger partial charge in [0.2, 0.25) is 5.91 Å². The zero-order valence-electron chi connectivity index (χ0n) is 20.2. The predicted octanol–water partition coefficient (Wildman–Crippen LogP) is 4.12. The van der Waals surface area contributed by atoms with E-state index in [9.17, 15) is 22.4 Å². The second kappa shape index (κ2) is 9.40. The Balaban J connectivity index is 1.64. The molecule has 1 atom stereocenters. The lowest BCUT2D eigenvalue weighted by Gasteiger charge is -2.13. The Bertz CT molecular complexity index is 1670. The van der Waals surface area contributed by atoms with E-state index in [0.717, 1.165) is 0 Å². The van der Waals surface area contributed by atoms with Crippen LogP contribution in [-0.4, -0.2) is 46.5 Å². The smallest absolute Gasteiger partial charge is 0.256 e. The molecule has 1 aliphatic heterocycles. The summed E-state index contributed by atoms with van der Waals surface area (Å²) in [6.45, 7) is 3.11. The minimum Gasteiger partial charge on any atom is -0.326 e. The van der Waals surface area contributed by atoms with E-state index in [1.54, 1.807) is 54.1 Å². The van der Waals surface area contributed by atoms with Crippen molar-refractivity contribution in [3.05, 3.63) is 71.7 Å². The Hall–Kier alpha value is -4.12. The molecular weight excluding hydrogens is 497 g/mol. The molecule has 0 spiro atoms. The predicted molar refractivity (Wildman–Crippen MR) is 139 cm³/mol. The average Bonchev–Trinajstić information content (AvgIpc) is 3.37. The SMILES string of the molecule is CC(=O)Nc1cccc(NC(=O)c2cc(-c3ccccc3F)nc3c2c(C)nn3C2CCS(=O)(=O)C2)c1. The second-order valence-electron chi connectivity index (χ2n) is 9.04. The lowest BCUT2D eigenvalue weighted by molar-refractivity contribution is -0.114. The number of pyridine rings is 1. The summed E-state index contributed by atoms with van der Waals surface area (Å²) in [6.07, 6.45) is 0.377. The molecule has 2 amide bonds. The summed E-state index contributed by atoms with van der Waals surface area (Å²) in [5, 5.41) is 10.5. The van der Waals surface area contributed by atoms with Gasteiger partial charge >= 0.3 is 0 Å². The number of carbonyl (C=O) groups excluding carboxylic acids is 2. The lowest BCUT2D eigenvalue weighted by atomic mass is 10.0. The molecule has 190 valence electrons. The number of aromatic nitrogens is 3. The molecule has 0 radical (unpaired) electrons. The number of anilines is 2. The average molecular weight is 522 g/mol. The van der Waals surface area contributed by atoms with Crippen LogP contribution in [0, 0.1) is 12.7 Å². The first kappa shape index (κ1) is 24.6. The van der Waals surface area contributed by atoms with E-state index < -0.39 is 27.6 Å². The fraction of sp³-hybridized carbons (Fsp3) is 0.231. The molecule has 1 fully saturated rings. The molecule has 37 heavy (non-hydrogen) atoms. The van der Waals surface area contributed by atoms with Gasteiger partial charge in [-0.2, -0.15) is 5.10 Å². The molecule has 0 saturated carbocycles. The summed E-state index contributed by atoms with van der Waals surface area (Å²) < 4.78 is 40.6. The van der Waals surface area contributed by atoms with Gasteiger partial charge in [0.05, 0.1) is 39.9 Å². The van der Waals surface area contributed by atoms with Gasteiger partial charge in [-0.3, -0.25) is 9.59 Å². The second-order valence-corrected chi connectivity index (χ2v) is 11.3. The van der Waals surface area contributed by atoms with Crippen LogP contribution in [0.3, 0.4) is 0 Å². The van der Waals surface area contributed by atoms with Gasteiger partial charge in [-0.25, -0.2) is 22.5 Å². The summed E-state index contributed by atoms with van der Waals surface area (Å²) in [5.41, 5.74) is 2.43. The molecular formula is C26H24FN5O4S. The third kappa shape index (κ3) is 4.94. The first-order valence-electron chi connectivity index (χ1n) is 11.7. The van der Waals surface area contributed by atoms with Crippen molar-refractivity contribution >= 4 is 44.1 Å². The van der Waals surface area contributed by atoms with E-state index in [2.05, 4.69) is 20.7 Å². The first-order valence-corrected chi connectivity index (χ1v) is 13.5. The third-order valence-corrected chi connectivity index (χ3v) is 7.98. The van der Waals surface area contributed by atoms with Crippen LogP contribution in [-0.2, 0) is 14.6 Å². The number of nitrogens with zero attached hydrogens (tertiary/aromatic N) is 3. The van der Waals surface area contributed by atoms with Crippen LogP contribution >= 0.6 is 0 Å². The number of rotatable bonds is 5. The highest BCUT2D eigenvalue weighted by atomic mass is 32.2. The minimum atomic E-state index is -3.21. The molecule has 2 aromatic heterocycles. The zero-order chi connectivity index (χ0) is 26.3. The van der Waals surface area contributed by atoms with Crippen molar-refractivity contribution in [1.29, 1.82) is 0 Å². The van der Waals surface area contributed by atoms with Crippen LogP contribution in [0.25, 0.3) is 22.3 Å². The molecule has 3 heterocycles. The number of benzene rings is 2. The summed E-state index contributed by atoms with van der Waals surface area (Å²) in [4.78, 5) is 29.6. The molecule has 4 aromatic rings. The van der Waals surface area contributed by atoms with Crippen molar-refractivity contribution in [1.82, 2.24) is 14.8 Å². The number of carbonyl (C=O) groups is 2. The fourth-order valence-corrected chi connectivity index (χ4v) is 6.29. The number of hydrogen-bond acceptors (Lipinski definition) is 6. The highest BCUT2D eigenvalue weighted by Crippen LogP contribution is 2.33. The molecule has 11 heteroatoms. The maximum Gasteiger partial charge on any atom is 0.256 e. The Morgan fingerprint density at radius 1 is 1.05 bits per heavy atom. The summed E-state index contributed by atoms with van der Waals surface area (Å²) in [5.74, 6) is -1.26. The Kier molecular flexibility index (Phi) is 6.24. The standard InChI is InChI=1S/C26H24FN5O4S/c1-15-24-21(26(34)29-18-7-5-6-17(12-18)28-16(2)33)13-23(20-8-3-4-9-22(20)27)30-25(24)32(31-15)19-10-11-37(35,36)14-19/h3-9,12-13,19H,10-11,14H2,1-2H3,(H,28,33)(H,29,34). The molecule has 2 aromatic carbocycles. The van der Waals surface area contributed by atoms with Crippen LogP contribution in [0.2, 0.25) is 0 Å². The van der Waals surface area contributed by atoms with E-state index in [4.69, 9.17) is 0 Å². The maximum absolute atomic E-state index is 14.7. The first-order chi connectivity index (χ1) is 17.6. The normalized spacial score (nSPS) is 16.6. The highest BCUT2D eigenvalue weighted by Gasteiger charge is 2.32. The van der Waals surface area contributed by atoms with E-state index in [0.29, 0.717) is 34.5 Å². The highest BCUT2D eigenvalue weighted by molar-refractivity contribution is 7.91. The molecule has 5 rings (SSSR count). The van der Waals surface area contributed by atoms with E-state index in [-0.39, 0.29) is 34.2 Å². The lowest BCUT2D eigenvalue weighted by Crippen LogP contribution is -2.15. The van der Waals surface area contributed by atoms with Crippen LogP contribution in [0.5, 0.6) is 0 Å². The van der Waals surface area contributed by atoms with Crippen molar-refractivity contribution in [3.8, 4) is 11.3 Å². The van der Waals surface area contributed by atoms with Gasteiger partial charge < -0.3 is 10.6 Å². The molecule has 1 unspecified atom stereocenters. The van der Waals surface area contributed by atoms with E-state index in [1.165, 1.54) is 19.1 Å². The maximum atomic E-state index is 14.7. The summed E-state index contributed by atoms with van der Waals surface area (Å²) in [6, 6.07) is 13.9. The zero-order valence-corrected chi connectivity index (χ0v) is 21.0. The monoisotopic (exact) mass is 521 g/mol. The number of halogens is 1. The van der Waals surface area contributed by atoms with Gasteiger partial charge in [-0.05, 0) is 49.7 Å². The quantitative estimate of drug-likeness (QED) is 0.407. The minimum absolute atomic E-state index is 0.0447. The molecule has 1 aliphatic rings. The van der Waals surface area contributed by atoms with E-state index >= 15 is 0 Å². The Morgan fingerprint density at radius 3 is 2.46 bits per heavy atom. The number of hydrogen-bond donors (Lipinski definition) is 2. The number of amides is 2. The molecule has 2 N–H and O–H groups in total. The third-order valence-electron chi connectivity index (χ3n) is 6.23. The van der Waals surface area contributed by atoms with Gasteiger partial charge in [0, 0.05) is 23.9 Å². The van der Waals surface area contributed by atoms with Crippen molar-refractivity contribution in [2.45, 2.75) is 26.3 Å². The van der Waals surface area contributed by atoms with Gasteiger partial charge in [-0.1, -0.05) is 18.2 Å². The largest absolute Gasteiger partial charge is 0.326 e. The van der Waals surface area contributed by atoms with Crippen molar-refractivity contribution in [2.24, 2.45) is 0 Å². The summed E-state index contributed by atoms with van der Waals surface area (Å²) in [7, 11) is -3.21. The fourth-order valence-electron chi connectivity index (χ4n) is 4.60. The summed E-state index contributed by atoms with van der Waals surface area (Å²) >= 11 is 0. The number of fused-ring (bicyclic) bond motifs is 1. The van der Waals surface area contributed by atoms with Gasteiger partial charge in [-0.15, -0.1) is 0 Å². The van der Waals surface area contributed by atoms with Gasteiger partial charge in [0.25, 0.3) is 5.91 Å². The van der Waals surface area contributed by atoms with Crippen LogP contribution in [0.15, 0.2) is 54.6 Å².